The number of rotatable bonds is 3. The third-order valence-corrected chi connectivity index (χ3v) is 5.72. The molecule has 1 aliphatic heterocycles. The summed E-state index contributed by atoms with van der Waals surface area (Å²) in [6.45, 7) is 7.83. The van der Waals surface area contributed by atoms with Gasteiger partial charge in [-0.1, -0.05) is 26.2 Å². The Morgan fingerprint density at radius 3 is 2.58 bits per heavy atom. The summed E-state index contributed by atoms with van der Waals surface area (Å²) in [5, 5.41) is 3.23. The first-order chi connectivity index (χ1) is 11.3. The van der Waals surface area contributed by atoms with Crippen LogP contribution in [-0.2, 0) is 9.53 Å². The Balaban J connectivity index is 1.60. The van der Waals surface area contributed by atoms with Gasteiger partial charge in [-0.2, -0.15) is 0 Å². The SMILES string of the molecule is CC[C@@H]1CCCC(NC(=O)[C@@H]2C[C@H]3C[C@H]3N2C(=O)OC(C)(C)C)C1. The van der Waals surface area contributed by atoms with Crippen molar-refractivity contribution in [2.24, 2.45) is 11.8 Å². The van der Waals surface area contributed by atoms with Crippen molar-refractivity contribution in [3.63, 3.8) is 0 Å². The van der Waals surface area contributed by atoms with Crippen LogP contribution in [0.2, 0.25) is 0 Å². The Morgan fingerprint density at radius 2 is 1.92 bits per heavy atom. The third-order valence-electron chi connectivity index (χ3n) is 5.72. The van der Waals surface area contributed by atoms with Crippen molar-refractivity contribution >= 4 is 12.0 Å². The van der Waals surface area contributed by atoms with Gasteiger partial charge in [-0.05, 0) is 58.3 Å². The zero-order chi connectivity index (χ0) is 17.5. The topological polar surface area (TPSA) is 58.6 Å². The molecule has 0 bridgehead atoms. The van der Waals surface area contributed by atoms with Crippen molar-refractivity contribution in [2.45, 2.75) is 96.4 Å². The van der Waals surface area contributed by atoms with Crippen molar-refractivity contribution < 1.29 is 14.3 Å². The minimum Gasteiger partial charge on any atom is -0.444 e. The Kier molecular flexibility index (Phi) is 4.80. The summed E-state index contributed by atoms with van der Waals surface area (Å²) in [7, 11) is 0. The van der Waals surface area contributed by atoms with Crippen LogP contribution in [0.5, 0.6) is 0 Å². The van der Waals surface area contributed by atoms with Crippen LogP contribution in [0.3, 0.4) is 0 Å². The molecule has 136 valence electrons. The van der Waals surface area contributed by atoms with E-state index in [1.54, 1.807) is 4.90 Å². The maximum atomic E-state index is 12.8. The van der Waals surface area contributed by atoms with Gasteiger partial charge in [-0.15, -0.1) is 0 Å². The molecule has 2 saturated carbocycles. The Bertz CT molecular complexity index is 499. The van der Waals surface area contributed by atoms with Gasteiger partial charge in [0, 0.05) is 12.1 Å². The quantitative estimate of drug-likeness (QED) is 0.858. The van der Waals surface area contributed by atoms with E-state index in [4.69, 9.17) is 4.74 Å². The van der Waals surface area contributed by atoms with Crippen LogP contribution in [0, 0.1) is 11.8 Å². The maximum absolute atomic E-state index is 12.8. The molecule has 1 N–H and O–H groups in total. The molecule has 0 aromatic heterocycles. The Hall–Kier alpha value is -1.26. The highest BCUT2D eigenvalue weighted by Gasteiger charge is 2.57. The number of hydrogen-bond acceptors (Lipinski definition) is 3. The fraction of sp³-hybridized carbons (Fsp3) is 0.895. The molecule has 3 aliphatic rings. The predicted molar refractivity (Wildman–Crippen MR) is 92.6 cm³/mol. The van der Waals surface area contributed by atoms with Crippen molar-refractivity contribution in [1.29, 1.82) is 0 Å². The lowest BCUT2D eigenvalue weighted by Gasteiger charge is -2.33. The molecular formula is C19H32N2O3. The second-order valence-electron chi connectivity index (χ2n) is 8.85. The highest BCUT2D eigenvalue weighted by atomic mass is 16.6. The molecule has 0 aromatic carbocycles. The van der Waals surface area contributed by atoms with Crippen molar-refractivity contribution in [2.75, 3.05) is 0 Å². The molecule has 24 heavy (non-hydrogen) atoms. The van der Waals surface area contributed by atoms with E-state index in [2.05, 4.69) is 12.2 Å². The van der Waals surface area contributed by atoms with E-state index in [0.29, 0.717) is 5.92 Å². The fourth-order valence-corrected chi connectivity index (χ4v) is 4.36. The van der Waals surface area contributed by atoms with Crippen molar-refractivity contribution in [1.82, 2.24) is 10.2 Å². The first kappa shape index (κ1) is 17.6. The van der Waals surface area contributed by atoms with E-state index in [1.807, 2.05) is 20.8 Å². The minimum absolute atomic E-state index is 0.0230. The van der Waals surface area contributed by atoms with Gasteiger partial charge in [0.05, 0.1) is 0 Å². The lowest BCUT2D eigenvalue weighted by Crippen LogP contribution is -2.52. The molecule has 1 unspecified atom stereocenters. The summed E-state index contributed by atoms with van der Waals surface area (Å²) in [6, 6.07) is 0.143. The number of amides is 2. The number of piperidine rings is 1. The van der Waals surface area contributed by atoms with E-state index in [9.17, 15) is 9.59 Å². The summed E-state index contributed by atoms with van der Waals surface area (Å²) < 4.78 is 5.53. The first-order valence-corrected chi connectivity index (χ1v) is 9.60. The van der Waals surface area contributed by atoms with Crippen LogP contribution in [0.25, 0.3) is 0 Å². The molecule has 5 nitrogen and oxygen atoms in total. The number of carbonyl (C=O) groups is 2. The van der Waals surface area contributed by atoms with Gasteiger partial charge in [0.1, 0.15) is 11.6 Å². The average Bonchev–Trinajstić information content (AvgIpc) is 3.15. The van der Waals surface area contributed by atoms with Crippen LogP contribution >= 0.6 is 0 Å². The monoisotopic (exact) mass is 336 g/mol. The second kappa shape index (κ2) is 6.57. The Labute approximate surface area is 145 Å². The molecular weight excluding hydrogens is 304 g/mol. The van der Waals surface area contributed by atoms with Gasteiger partial charge in [-0.3, -0.25) is 9.69 Å². The van der Waals surface area contributed by atoms with Gasteiger partial charge in [0.2, 0.25) is 5.91 Å². The highest BCUT2D eigenvalue weighted by Crippen LogP contribution is 2.48. The molecule has 1 heterocycles. The Morgan fingerprint density at radius 1 is 1.17 bits per heavy atom. The molecule has 5 heteroatoms. The number of carbonyl (C=O) groups excluding carboxylic acids is 2. The van der Waals surface area contributed by atoms with Crippen LogP contribution in [0.15, 0.2) is 0 Å². The summed E-state index contributed by atoms with van der Waals surface area (Å²) in [4.78, 5) is 27.0. The lowest BCUT2D eigenvalue weighted by molar-refractivity contribution is -0.127. The molecule has 3 fully saturated rings. The lowest BCUT2D eigenvalue weighted by atomic mass is 9.84. The van der Waals surface area contributed by atoms with Crippen LogP contribution in [-0.4, -0.2) is 40.6 Å². The van der Waals surface area contributed by atoms with E-state index in [1.165, 1.54) is 19.3 Å². The summed E-state index contributed by atoms with van der Waals surface area (Å²) in [5.74, 6) is 1.24. The van der Waals surface area contributed by atoms with Gasteiger partial charge in [0.15, 0.2) is 0 Å². The third kappa shape index (κ3) is 3.86. The minimum atomic E-state index is -0.525. The van der Waals surface area contributed by atoms with E-state index >= 15 is 0 Å². The smallest absolute Gasteiger partial charge is 0.411 e. The molecule has 3 rings (SSSR count). The number of fused-ring (bicyclic) bond motifs is 1. The van der Waals surface area contributed by atoms with Gasteiger partial charge in [0.25, 0.3) is 0 Å². The predicted octanol–water partition coefficient (Wildman–Crippen LogP) is 3.47. The number of nitrogens with one attached hydrogen (secondary N) is 1. The van der Waals surface area contributed by atoms with E-state index < -0.39 is 5.60 Å². The van der Waals surface area contributed by atoms with Crippen LogP contribution < -0.4 is 5.32 Å². The molecule has 1 saturated heterocycles. The zero-order valence-electron chi connectivity index (χ0n) is 15.5. The van der Waals surface area contributed by atoms with E-state index in [0.717, 1.165) is 31.6 Å². The number of ether oxygens (including phenoxy) is 1. The van der Waals surface area contributed by atoms with Gasteiger partial charge >= 0.3 is 6.09 Å². The standard InChI is InChI=1S/C19H32N2O3/c1-5-12-7-6-8-14(9-12)20-17(22)16-11-13-10-15(13)21(16)18(23)24-19(2,3)4/h12-16H,5-11H2,1-4H3,(H,20,22)/t12-,13-,14?,15-,16+/m1/s1. The largest absolute Gasteiger partial charge is 0.444 e. The van der Waals surface area contributed by atoms with Crippen LogP contribution in [0.4, 0.5) is 4.79 Å². The number of hydrogen-bond donors (Lipinski definition) is 1. The van der Waals surface area contributed by atoms with E-state index in [-0.39, 0.29) is 30.1 Å². The number of nitrogens with zero attached hydrogens (tertiary/aromatic N) is 1. The number of likely N-dealkylation sites (tertiary alicyclic amines) is 1. The first-order valence-electron chi connectivity index (χ1n) is 9.60. The zero-order valence-corrected chi connectivity index (χ0v) is 15.5. The maximum Gasteiger partial charge on any atom is 0.411 e. The molecule has 0 aromatic rings. The molecule has 2 amide bonds. The van der Waals surface area contributed by atoms with Crippen LogP contribution in [0.1, 0.15) is 72.6 Å². The average molecular weight is 336 g/mol. The molecule has 0 spiro atoms. The van der Waals surface area contributed by atoms with Crippen molar-refractivity contribution in [3.8, 4) is 0 Å². The molecule has 5 atom stereocenters. The summed E-state index contributed by atoms with van der Waals surface area (Å²) in [6.07, 6.45) is 7.27. The normalized spacial score (nSPS) is 35.3. The highest BCUT2D eigenvalue weighted by molar-refractivity contribution is 5.87. The van der Waals surface area contributed by atoms with Crippen molar-refractivity contribution in [3.05, 3.63) is 0 Å². The summed E-state index contributed by atoms with van der Waals surface area (Å²) >= 11 is 0. The summed E-state index contributed by atoms with van der Waals surface area (Å²) in [5.41, 5.74) is -0.525. The van der Waals surface area contributed by atoms with Gasteiger partial charge in [-0.25, -0.2) is 4.79 Å². The molecule has 0 radical (unpaired) electrons. The fourth-order valence-electron chi connectivity index (χ4n) is 4.36. The second-order valence-corrected chi connectivity index (χ2v) is 8.85. The van der Waals surface area contributed by atoms with Gasteiger partial charge < -0.3 is 10.1 Å². The molecule has 2 aliphatic carbocycles.